The summed E-state index contributed by atoms with van der Waals surface area (Å²) in [6.07, 6.45) is 1.56. The molecule has 20 heavy (non-hydrogen) atoms. The number of anilines is 2. The van der Waals surface area contributed by atoms with Crippen LogP contribution in [0, 0.1) is 18.3 Å². The van der Waals surface area contributed by atoms with Gasteiger partial charge in [0.05, 0.1) is 11.9 Å². The first-order chi connectivity index (χ1) is 9.11. The summed E-state index contributed by atoms with van der Waals surface area (Å²) in [4.78, 5) is 27.7. The lowest BCUT2D eigenvalue weighted by molar-refractivity contribution is -0.123. The van der Waals surface area contributed by atoms with Gasteiger partial charge in [-0.25, -0.2) is 4.98 Å². The third kappa shape index (κ3) is 4.33. The molecule has 5 nitrogen and oxygen atoms in total. The molecule has 0 atom stereocenters. The fourth-order valence-corrected chi connectivity index (χ4v) is 1.34. The Morgan fingerprint density at radius 3 is 2.25 bits per heavy atom. The maximum Gasteiger partial charge on any atom is 0.229 e. The summed E-state index contributed by atoms with van der Waals surface area (Å²) in [7, 11) is 0. The molecule has 0 spiro atoms. The number of aryl methyl sites for hydroxylation is 1. The number of nitrogens with zero attached hydrogens (tertiary/aromatic N) is 1. The second-order valence-electron chi connectivity index (χ2n) is 6.23. The van der Waals surface area contributed by atoms with Crippen molar-refractivity contribution >= 4 is 23.3 Å². The van der Waals surface area contributed by atoms with Gasteiger partial charge >= 0.3 is 0 Å². The molecular formula is C15H23N3O2. The summed E-state index contributed by atoms with van der Waals surface area (Å²) in [6.45, 7) is 11.1. The van der Waals surface area contributed by atoms with Crippen molar-refractivity contribution in [2.75, 3.05) is 10.6 Å². The van der Waals surface area contributed by atoms with Gasteiger partial charge in [-0.05, 0) is 18.6 Å². The largest absolute Gasteiger partial charge is 0.324 e. The van der Waals surface area contributed by atoms with Gasteiger partial charge in [-0.2, -0.15) is 0 Å². The van der Waals surface area contributed by atoms with Gasteiger partial charge in [-0.3, -0.25) is 9.59 Å². The van der Waals surface area contributed by atoms with Crippen LogP contribution in [0.5, 0.6) is 0 Å². The molecule has 0 aromatic carbocycles. The Balaban J connectivity index is 2.84. The molecular weight excluding hydrogens is 254 g/mol. The summed E-state index contributed by atoms with van der Waals surface area (Å²) >= 11 is 0. The summed E-state index contributed by atoms with van der Waals surface area (Å²) in [5.41, 5.74) is 1.06. The zero-order valence-electron chi connectivity index (χ0n) is 13.0. The first kappa shape index (κ1) is 16.1. The molecule has 0 aliphatic heterocycles. The van der Waals surface area contributed by atoms with E-state index in [9.17, 15) is 9.59 Å². The van der Waals surface area contributed by atoms with Gasteiger partial charge in [-0.15, -0.1) is 0 Å². The van der Waals surface area contributed by atoms with E-state index in [2.05, 4.69) is 15.6 Å². The predicted octanol–water partition coefficient (Wildman–Crippen LogP) is 2.97. The second-order valence-corrected chi connectivity index (χ2v) is 6.23. The average molecular weight is 277 g/mol. The highest BCUT2D eigenvalue weighted by Crippen LogP contribution is 2.21. The van der Waals surface area contributed by atoms with Crippen LogP contribution in [0.3, 0.4) is 0 Å². The molecule has 1 heterocycles. The second kappa shape index (κ2) is 6.03. The first-order valence-corrected chi connectivity index (χ1v) is 6.70. The van der Waals surface area contributed by atoms with Crippen molar-refractivity contribution in [3.05, 3.63) is 17.8 Å². The average Bonchev–Trinajstić information content (AvgIpc) is 2.31. The number of pyridine rings is 1. The van der Waals surface area contributed by atoms with E-state index in [1.165, 1.54) is 0 Å². The van der Waals surface area contributed by atoms with Gasteiger partial charge in [0, 0.05) is 11.3 Å². The normalized spacial score (nSPS) is 11.3. The molecule has 0 saturated carbocycles. The lowest BCUT2D eigenvalue weighted by atomic mass is 9.95. The Hall–Kier alpha value is -1.91. The molecule has 110 valence electrons. The van der Waals surface area contributed by atoms with Crippen molar-refractivity contribution < 1.29 is 9.59 Å². The minimum Gasteiger partial charge on any atom is -0.324 e. The number of carbonyl (C=O) groups is 2. The van der Waals surface area contributed by atoms with Crippen LogP contribution in [0.4, 0.5) is 11.5 Å². The first-order valence-electron chi connectivity index (χ1n) is 6.70. The third-order valence-corrected chi connectivity index (χ3v) is 2.82. The maximum atomic E-state index is 11.9. The summed E-state index contributed by atoms with van der Waals surface area (Å²) in [5, 5.41) is 5.57. The number of carbonyl (C=O) groups excluding carboxylic acids is 2. The Morgan fingerprint density at radius 2 is 1.80 bits per heavy atom. The molecule has 1 aromatic heterocycles. The number of aromatic nitrogens is 1. The Morgan fingerprint density at radius 1 is 1.20 bits per heavy atom. The summed E-state index contributed by atoms with van der Waals surface area (Å²) in [5.74, 6) is 0.247. The minimum atomic E-state index is -0.461. The van der Waals surface area contributed by atoms with Crippen LogP contribution in [0.25, 0.3) is 0 Å². The van der Waals surface area contributed by atoms with Crippen molar-refractivity contribution in [1.29, 1.82) is 0 Å². The predicted molar refractivity (Wildman–Crippen MR) is 80.5 cm³/mol. The van der Waals surface area contributed by atoms with E-state index < -0.39 is 5.41 Å². The van der Waals surface area contributed by atoms with Gasteiger partial charge in [0.2, 0.25) is 11.8 Å². The number of nitrogens with one attached hydrogen (secondary N) is 2. The summed E-state index contributed by atoms with van der Waals surface area (Å²) in [6, 6.07) is 1.75. The van der Waals surface area contributed by atoms with Crippen LogP contribution in [-0.2, 0) is 9.59 Å². The lowest BCUT2D eigenvalue weighted by Gasteiger charge is -2.18. The molecule has 0 aliphatic rings. The molecule has 0 aliphatic carbocycles. The molecule has 2 N–H and O–H groups in total. The maximum absolute atomic E-state index is 11.9. The topological polar surface area (TPSA) is 71.1 Å². The monoisotopic (exact) mass is 277 g/mol. The van der Waals surface area contributed by atoms with Crippen LogP contribution < -0.4 is 10.6 Å². The number of hydrogen-bond donors (Lipinski definition) is 2. The van der Waals surface area contributed by atoms with E-state index in [1.54, 1.807) is 12.3 Å². The SMILES string of the molecule is Cc1cc(NC(=O)C(C)C)ncc1NC(=O)C(C)(C)C. The molecule has 1 aromatic rings. The zero-order valence-corrected chi connectivity index (χ0v) is 13.0. The quantitative estimate of drug-likeness (QED) is 0.892. The number of hydrogen-bond acceptors (Lipinski definition) is 3. The lowest BCUT2D eigenvalue weighted by Crippen LogP contribution is -2.28. The van der Waals surface area contributed by atoms with Crippen molar-refractivity contribution in [3.63, 3.8) is 0 Å². The van der Waals surface area contributed by atoms with E-state index in [4.69, 9.17) is 0 Å². The van der Waals surface area contributed by atoms with Crippen LogP contribution >= 0.6 is 0 Å². The van der Waals surface area contributed by atoms with Gasteiger partial charge in [-0.1, -0.05) is 34.6 Å². The van der Waals surface area contributed by atoms with Crippen LogP contribution in [0.1, 0.15) is 40.2 Å². The highest BCUT2D eigenvalue weighted by atomic mass is 16.2. The van der Waals surface area contributed by atoms with Crippen LogP contribution in [-0.4, -0.2) is 16.8 Å². The molecule has 1 rings (SSSR count). The fourth-order valence-electron chi connectivity index (χ4n) is 1.34. The molecule has 0 fully saturated rings. The molecule has 0 bridgehead atoms. The third-order valence-electron chi connectivity index (χ3n) is 2.82. The Labute approximate surface area is 120 Å². The van der Waals surface area contributed by atoms with E-state index in [1.807, 2.05) is 41.5 Å². The highest BCUT2D eigenvalue weighted by Gasteiger charge is 2.21. The molecule has 2 amide bonds. The van der Waals surface area contributed by atoms with E-state index in [-0.39, 0.29) is 17.7 Å². The number of rotatable bonds is 3. The van der Waals surface area contributed by atoms with Gasteiger partial charge in [0.1, 0.15) is 5.82 Å². The van der Waals surface area contributed by atoms with E-state index in [0.29, 0.717) is 11.5 Å². The highest BCUT2D eigenvalue weighted by molar-refractivity contribution is 5.95. The summed E-state index contributed by atoms with van der Waals surface area (Å²) < 4.78 is 0. The van der Waals surface area contributed by atoms with Crippen molar-refractivity contribution in [3.8, 4) is 0 Å². The van der Waals surface area contributed by atoms with Gasteiger partial charge in [0.15, 0.2) is 0 Å². The molecule has 0 unspecified atom stereocenters. The number of amides is 2. The van der Waals surface area contributed by atoms with Crippen molar-refractivity contribution in [2.45, 2.75) is 41.5 Å². The van der Waals surface area contributed by atoms with Crippen LogP contribution in [0.2, 0.25) is 0 Å². The van der Waals surface area contributed by atoms with E-state index in [0.717, 1.165) is 5.56 Å². The fraction of sp³-hybridized carbons (Fsp3) is 0.533. The van der Waals surface area contributed by atoms with E-state index >= 15 is 0 Å². The zero-order chi connectivity index (χ0) is 15.5. The minimum absolute atomic E-state index is 0.0682. The Bertz CT molecular complexity index is 516. The van der Waals surface area contributed by atoms with Crippen molar-refractivity contribution in [1.82, 2.24) is 4.98 Å². The van der Waals surface area contributed by atoms with Crippen molar-refractivity contribution in [2.24, 2.45) is 11.3 Å². The van der Waals surface area contributed by atoms with Gasteiger partial charge in [0.25, 0.3) is 0 Å². The molecule has 5 heteroatoms. The molecule has 0 radical (unpaired) electrons. The standard InChI is InChI=1S/C15H23N3O2/c1-9(2)13(19)18-12-7-10(3)11(8-16-12)17-14(20)15(4,5)6/h7-9H,1-6H3,(H,17,20)(H,16,18,19). The van der Waals surface area contributed by atoms with Crippen LogP contribution in [0.15, 0.2) is 12.3 Å². The molecule has 0 saturated heterocycles. The Kier molecular flexibility index (Phi) is 4.87. The smallest absolute Gasteiger partial charge is 0.229 e. The van der Waals surface area contributed by atoms with Gasteiger partial charge < -0.3 is 10.6 Å².